The molecule has 2 aromatic rings. The van der Waals surface area contributed by atoms with Gasteiger partial charge in [0.05, 0.1) is 19.2 Å². The van der Waals surface area contributed by atoms with Crippen LogP contribution >= 0.6 is 0 Å². The minimum Gasteiger partial charge on any atom is -0.870 e. The number of carbonyl (C=O) groups is 4. The molecular formula is C47H71LiN4O7. The molecule has 2 N–H and O–H groups in total. The summed E-state index contributed by atoms with van der Waals surface area (Å²) in [4.78, 5) is 59.6. The fraction of sp³-hybridized carbons (Fsp3) is 0.660. The average Bonchev–Trinajstić information content (AvgIpc) is 3.71. The van der Waals surface area contributed by atoms with Gasteiger partial charge in [0.25, 0.3) is 0 Å². The number of fused-ring (bicyclic) bond motifs is 2. The molecule has 8 atom stereocenters. The van der Waals surface area contributed by atoms with E-state index in [1.807, 2.05) is 30.9 Å². The smallest absolute Gasteiger partial charge is 0.870 e. The largest absolute Gasteiger partial charge is 1.00 e. The molecule has 4 heterocycles. The van der Waals surface area contributed by atoms with Crippen molar-refractivity contribution in [3.8, 4) is 0 Å². The summed E-state index contributed by atoms with van der Waals surface area (Å²) in [5.74, 6) is 0.528. The summed E-state index contributed by atoms with van der Waals surface area (Å²) in [5.41, 5.74) is 2.66. The molecule has 0 aromatic heterocycles. The summed E-state index contributed by atoms with van der Waals surface area (Å²) in [6, 6.07) is 20.3. The van der Waals surface area contributed by atoms with E-state index in [2.05, 4.69) is 86.0 Å². The zero-order valence-electron chi connectivity index (χ0n) is 37.2. The Morgan fingerprint density at radius 3 is 1.46 bits per heavy atom. The van der Waals surface area contributed by atoms with Gasteiger partial charge in [-0.2, -0.15) is 0 Å². The molecule has 0 aliphatic carbocycles. The summed E-state index contributed by atoms with van der Waals surface area (Å²) in [6.45, 7) is 15.7. The van der Waals surface area contributed by atoms with Gasteiger partial charge >= 0.3 is 30.8 Å². The van der Waals surface area contributed by atoms with Crippen molar-refractivity contribution in [2.75, 3.05) is 33.3 Å². The number of amides is 2. The van der Waals surface area contributed by atoms with Crippen molar-refractivity contribution in [1.29, 1.82) is 0 Å². The van der Waals surface area contributed by atoms with E-state index >= 15 is 0 Å². The van der Waals surface area contributed by atoms with Crippen LogP contribution in [0.4, 0.5) is 0 Å². The summed E-state index contributed by atoms with van der Waals surface area (Å²) >= 11 is 0. The van der Waals surface area contributed by atoms with Crippen molar-refractivity contribution in [2.24, 2.45) is 23.7 Å². The number of carboxylic acids is 1. The third-order valence-corrected chi connectivity index (χ3v) is 12.7. The van der Waals surface area contributed by atoms with Crippen molar-refractivity contribution in [1.82, 2.24) is 19.6 Å². The maximum absolute atomic E-state index is 13.5. The minimum atomic E-state index is -0.873. The fourth-order valence-corrected chi connectivity index (χ4v) is 9.90. The third-order valence-electron chi connectivity index (χ3n) is 12.7. The Morgan fingerprint density at radius 2 is 1.08 bits per heavy atom. The van der Waals surface area contributed by atoms with Crippen LogP contribution in [-0.4, -0.2) is 123 Å². The van der Waals surface area contributed by atoms with Gasteiger partial charge in [0.2, 0.25) is 11.8 Å². The Bertz CT molecular complexity index is 1610. The molecular weight excluding hydrogens is 739 g/mol. The number of carbonyl (C=O) groups excluding carboxylic acids is 3. The first kappa shape index (κ1) is 50.2. The molecule has 6 rings (SSSR count). The van der Waals surface area contributed by atoms with E-state index < -0.39 is 18.1 Å². The molecule has 2 unspecified atom stereocenters. The molecule has 2 amide bonds. The van der Waals surface area contributed by atoms with E-state index in [0.29, 0.717) is 55.8 Å². The Hall–Kier alpha value is -3.20. The van der Waals surface area contributed by atoms with Crippen LogP contribution in [0.25, 0.3) is 0 Å². The number of rotatable bonds is 14. The number of ether oxygens (including phenoxy) is 1. The van der Waals surface area contributed by atoms with E-state index in [-0.39, 0.29) is 60.1 Å². The van der Waals surface area contributed by atoms with Gasteiger partial charge in [0.15, 0.2) is 0 Å². The molecule has 4 aliphatic heterocycles. The number of methoxy groups -OCH3 is 1. The van der Waals surface area contributed by atoms with Crippen molar-refractivity contribution < 1.29 is 53.4 Å². The Balaban J connectivity index is 0.000000305. The molecule has 0 radical (unpaired) electrons. The molecule has 4 aliphatic rings. The van der Waals surface area contributed by atoms with E-state index in [0.717, 1.165) is 64.5 Å². The van der Waals surface area contributed by atoms with E-state index in [1.54, 1.807) is 4.90 Å². The maximum atomic E-state index is 13.5. The quantitative estimate of drug-likeness (QED) is 0.223. The van der Waals surface area contributed by atoms with Crippen LogP contribution in [0.1, 0.15) is 104 Å². The number of hydrogen-bond acceptors (Lipinski definition) is 8. The topological polar surface area (TPSA) is 141 Å². The predicted molar refractivity (Wildman–Crippen MR) is 226 cm³/mol. The zero-order chi connectivity index (χ0) is 41.2. The Morgan fingerprint density at radius 1 is 0.695 bits per heavy atom. The van der Waals surface area contributed by atoms with Crippen molar-refractivity contribution in [3.05, 3.63) is 71.8 Å². The molecule has 0 spiro atoms. The van der Waals surface area contributed by atoms with Crippen LogP contribution < -0.4 is 18.9 Å². The second-order valence-corrected chi connectivity index (χ2v) is 18.3. The van der Waals surface area contributed by atoms with Gasteiger partial charge in [-0.3, -0.25) is 19.4 Å². The summed E-state index contributed by atoms with van der Waals surface area (Å²) in [5, 5.41) is 9.79. The molecule has 0 bridgehead atoms. The van der Waals surface area contributed by atoms with Crippen LogP contribution in [0, 0.1) is 23.7 Å². The van der Waals surface area contributed by atoms with Gasteiger partial charge in [-0.25, -0.2) is 9.59 Å². The Labute approximate surface area is 366 Å². The van der Waals surface area contributed by atoms with Crippen LogP contribution in [0.15, 0.2) is 60.7 Å². The average molecular weight is 811 g/mol. The molecule has 2 aromatic carbocycles. The minimum absolute atomic E-state index is 0. The zero-order valence-corrected chi connectivity index (χ0v) is 37.2. The number of carboxylic acid groups (broad SMARTS) is 1. The number of esters is 1. The fourth-order valence-electron chi connectivity index (χ4n) is 9.90. The van der Waals surface area contributed by atoms with Gasteiger partial charge < -0.3 is 25.1 Å². The summed E-state index contributed by atoms with van der Waals surface area (Å²) in [7, 11) is 1.42. The molecule has 11 nitrogen and oxygen atoms in total. The predicted octanol–water partition coefficient (Wildman–Crippen LogP) is 3.78. The molecule has 0 saturated carbocycles. The van der Waals surface area contributed by atoms with Crippen LogP contribution in [0.5, 0.6) is 0 Å². The van der Waals surface area contributed by atoms with Crippen molar-refractivity contribution in [3.63, 3.8) is 0 Å². The molecule has 322 valence electrons. The second kappa shape index (κ2) is 23.7. The number of aliphatic carboxylic acids is 1. The van der Waals surface area contributed by atoms with E-state index in [1.165, 1.54) is 18.2 Å². The molecule has 4 saturated heterocycles. The number of aryl methyl sites for hydroxylation is 2. The molecule has 4 fully saturated rings. The van der Waals surface area contributed by atoms with Crippen molar-refractivity contribution >= 4 is 23.8 Å². The van der Waals surface area contributed by atoms with Crippen LogP contribution in [0.2, 0.25) is 0 Å². The normalized spacial score (nSPS) is 25.7. The second-order valence-electron chi connectivity index (χ2n) is 18.3. The van der Waals surface area contributed by atoms with Crippen molar-refractivity contribution in [2.45, 2.75) is 142 Å². The summed E-state index contributed by atoms with van der Waals surface area (Å²) < 4.78 is 5.07. The number of benzene rings is 2. The Kier molecular flexibility index (Phi) is 20.1. The third kappa shape index (κ3) is 13.4. The number of nitrogens with zero attached hydrogens (tertiary/aromatic N) is 4. The number of hydrogen-bond donors (Lipinski definition) is 1. The van der Waals surface area contributed by atoms with Crippen LogP contribution in [-0.2, 0) is 36.8 Å². The van der Waals surface area contributed by atoms with Gasteiger partial charge in [-0.15, -0.1) is 0 Å². The van der Waals surface area contributed by atoms with E-state index in [9.17, 15) is 24.3 Å². The standard InChI is InChI=1S/C24H36N2O3.C23H34N2O3.Li.H2O/c1-17(2)14-22(24(28)29-4)25-13-12-20(11-10-19-8-6-5-7-9-19)26-16-18(3)15-21(26)23(25)27;1-16(2)13-21(23(27)28)24-12-11-19(10-9-18-7-5-4-6-8-18)25-15-17(3)14-20(25)22(24)26;;/h5-9,17-18,20-22H,10-16H2,1-4H3;4-8,16-17,19-21H,9-15H2,1-3H3,(H,27,28);;1H2/q;;+1;/p-1/t18-,20?,21+,22-;17-,19?,20+,21-;;/m11../s1. The SMILES string of the molecule is CC(C)C[C@H](C(=O)O)N1CCC(CCc2ccccc2)N2C[C@H](C)C[C@H]2C1=O.COC(=O)[C@@H](CC(C)C)N1CCC(CCc2ccccc2)N2C[C@H](C)C[C@H]2C1=O.[Li+].[OH-]. The monoisotopic (exact) mass is 811 g/mol. The molecule has 59 heavy (non-hydrogen) atoms. The van der Waals surface area contributed by atoms with E-state index in [4.69, 9.17) is 4.74 Å². The summed E-state index contributed by atoms with van der Waals surface area (Å²) in [6.07, 6.45) is 8.70. The maximum Gasteiger partial charge on any atom is 1.00 e. The molecule has 12 heteroatoms. The van der Waals surface area contributed by atoms with Crippen LogP contribution in [0.3, 0.4) is 0 Å². The first-order valence-corrected chi connectivity index (χ1v) is 21.8. The first-order valence-electron chi connectivity index (χ1n) is 21.8. The van der Waals surface area contributed by atoms with Gasteiger partial charge in [0.1, 0.15) is 12.1 Å². The first-order chi connectivity index (χ1) is 27.3. The van der Waals surface area contributed by atoms with Gasteiger partial charge in [-0.1, -0.05) is 102 Å². The van der Waals surface area contributed by atoms with Gasteiger partial charge in [0, 0.05) is 38.3 Å². The van der Waals surface area contributed by atoms with Gasteiger partial charge in [-0.05, 0) is 99.0 Å².